The van der Waals surface area contributed by atoms with E-state index in [4.69, 9.17) is 10.5 Å². The summed E-state index contributed by atoms with van der Waals surface area (Å²) < 4.78 is 5.08. The molecule has 0 aliphatic rings. The number of phenols is 1. The number of amides is 1. The normalized spacial score (nSPS) is 12.0. The second-order valence-corrected chi connectivity index (χ2v) is 5.20. The van der Waals surface area contributed by atoms with E-state index in [1.165, 1.54) is 6.07 Å². The molecule has 1 unspecified atom stereocenters. The van der Waals surface area contributed by atoms with E-state index in [0.29, 0.717) is 30.3 Å². The molecule has 1 amide bonds. The average Bonchev–Trinajstić information content (AvgIpc) is 2.47. The van der Waals surface area contributed by atoms with E-state index < -0.39 is 0 Å². The van der Waals surface area contributed by atoms with Crippen molar-refractivity contribution in [1.29, 1.82) is 0 Å². The summed E-state index contributed by atoms with van der Waals surface area (Å²) in [4.78, 5) is 12.0. The van der Waals surface area contributed by atoms with Crippen LogP contribution in [0.1, 0.15) is 39.0 Å². The van der Waals surface area contributed by atoms with Crippen LogP contribution >= 0.6 is 0 Å². The molecule has 1 aromatic rings. The van der Waals surface area contributed by atoms with Crippen molar-refractivity contribution in [1.82, 2.24) is 0 Å². The molecule has 0 spiro atoms. The maximum atomic E-state index is 12.0. The fourth-order valence-electron chi connectivity index (χ4n) is 2.37. The van der Waals surface area contributed by atoms with E-state index in [9.17, 15) is 9.90 Å². The van der Waals surface area contributed by atoms with Crippen molar-refractivity contribution < 1.29 is 14.6 Å². The summed E-state index contributed by atoms with van der Waals surface area (Å²) in [5, 5.41) is 12.5. The number of aromatic hydroxyl groups is 1. The van der Waals surface area contributed by atoms with E-state index in [-0.39, 0.29) is 11.7 Å². The average molecular weight is 294 g/mol. The van der Waals surface area contributed by atoms with Crippen LogP contribution in [0.15, 0.2) is 18.2 Å². The van der Waals surface area contributed by atoms with Crippen molar-refractivity contribution in [2.45, 2.75) is 39.0 Å². The van der Waals surface area contributed by atoms with E-state index in [2.05, 4.69) is 12.2 Å². The molecule has 0 fully saturated rings. The number of nitrogens with two attached hydrogens (primary N) is 1. The van der Waals surface area contributed by atoms with Crippen LogP contribution in [-0.4, -0.2) is 24.7 Å². The molecule has 5 nitrogen and oxygen atoms in total. The Kier molecular flexibility index (Phi) is 7.61. The number of carbonyl (C=O) groups excluding carboxylic acids is 1. The molecular weight excluding hydrogens is 268 g/mol. The molecule has 4 N–H and O–H groups in total. The number of methoxy groups -OCH3 is 1. The van der Waals surface area contributed by atoms with E-state index >= 15 is 0 Å². The van der Waals surface area contributed by atoms with Crippen molar-refractivity contribution in [2.75, 3.05) is 19.0 Å². The minimum Gasteiger partial charge on any atom is -0.506 e. The maximum absolute atomic E-state index is 12.0. The zero-order valence-corrected chi connectivity index (χ0v) is 12.9. The number of nitrogens with one attached hydrogen (secondary N) is 1. The number of rotatable bonds is 9. The Hall–Kier alpha value is -1.75. The SMILES string of the molecule is CCCC(CCN)CCC(=O)Nc1cc(OC)ccc1O. The van der Waals surface area contributed by atoms with Crippen molar-refractivity contribution in [3.8, 4) is 11.5 Å². The summed E-state index contributed by atoms with van der Waals surface area (Å²) in [6.07, 6.45) is 4.40. The van der Waals surface area contributed by atoms with Gasteiger partial charge in [0.05, 0.1) is 12.8 Å². The van der Waals surface area contributed by atoms with Crippen LogP contribution in [0.4, 0.5) is 5.69 Å². The van der Waals surface area contributed by atoms with Crippen LogP contribution in [0.3, 0.4) is 0 Å². The fourth-order valence-corrected chi connectivity index (χ4v) is 2.37. The Labute approximate surface area is 126 Å². The summed E-state index contributed by atoms with van der Waals surface area (Å²) in [5.74, 6) is 1.02. The second kappa shape index (κ2) is 9.23. The number of hydrogen-bond acceptors (Lipinski definition) is 4. The summed E-state index contributed by atoms with van der Waals surface area (Å²) in [6, 6.07) is 4.75. The number of benzene rings is 1. The second-order valence-electron chi connectivity index (χ2n) is 5.20. The van der Waals surface area contributed by atoms with Gasteiger partial charge in [-0.2, -0.15) is 0 Å². The van der Waals surface area contributed by atoms with Gasteiger partial charge in [-0.3, -0.25) is 4.79 Å². The van der Waals surface area contributed by atoms with E-state index in [0.717, 1.165) is 25.7 Å². The molecule has 0 aliphatic carbocycles. The van der Waals surface area contributed by atoms with Gasteiger partial charge in [-0.25, -0.2) is 0 Å². The largest absolute Gasteiger partial charge is 0.506 e. The summed E-state index contributed by atoms with van der Waals surface area (Å²) in [6.45, 7) is 2.79. The van der Waals surface area contributed by atoms with Gasteiger partial charge in [0.2, 0.25) is 5.91 Å². The first-order valence-corrected chi connectivity index (χ1v) is 7.47. The molecule has 0 aliphatic heterocycles. The lowest BCUT2D eigenvalue weighted by Crippen LogP contribution is -2.15. The van der Waals surface area contributed by atoms with Gasteiger partial charge in [0, 0.05) is 12.5 Å². The molecule has 0 saturated carbocycles. The lowest BCUT2D eigenvalue weighted by molar-refractivity contribution is -0.116. The third-order valence-electron chi connectivity index (χ3n) is 3.53. The van der Waals surface area contributed by atoms with Crippen molar-refractivity contribution in [2.24, 2.45) is 11.7 Å². The molecule has 5 heteroatoms. The maximum Gasteiger partial charge on any atom is 0.224 e. The Morgan fingerprint density at radius 3 is 2.76 bits per heavy atom. The molecule has 0 radical (unpaired) electrons. The van der Waals surface area contributed by atoms with Gasteiger partial charge in [0.25, 0.3) is 0 Å². The molecule has 0 bridgehead atoms. The Balaban J connectivity index is 2.53. The number of phenolic OH excluding ortho intramolecular Hbond substituents is 1. The molecule has 0 aromatic heterocycles. The quantitative estimate of drug-likeness (QED) is 0.611. The smallest absolute Gasteiger partial charge is 0.224 e. The van der Waals surface area contributed by atoms with Gasteiger partial charge in [-0.05, 0) is 37.4 Å². The highest BCUT2D eigenvalue weighted by Crippen LogP contribution is 2.28. The van der Waals surface area contributed by atoms with Crippen LogP contribution in [-0.2, 0) is 4.79 Å². The Morgan fingerprint density at radius 1 is 1.38 bits per heavy atom. The van der Waals surface area contributed by atoms with Gasteiger partial charge in [0.1, 0.15) is 11.5 Å². The lowest BCUT2D eigenvalue weighted by atomic mass is 9.94. The summed E-state index contributed by atoms with van der Waals surface area (Å²) in [7, 11) is 1.54. The fraction of sp³-hybridized carbons (Fsp3) is 0.562. The van der Waals surface area contributed by atoms with Gasteiger partial charge < -0.3 is 20.9 Å². The number of hydrogen-bond donors (Lipinski definition) is 3. The summed E-state index contributed by atoms with van der Waals surface area (Å²) >= 11 is 0. The first-order valence-electron chi connectivity index (χ1n) is 7.47. The standard InChI is InChI=1S/C16H26N2O3/c1-3-4-12(9-10-17)5-8-16(20)18-14-11-13(21-2)6-7-15(14)19/h6-7,11-12,19H,3-5,8-10,17H2,1-2H3,(H,18,20). The van der Waals surface area contributed by atoms with Gasteiger partial charge >= 0.3 is 0 Å². The Bertz CT molecular complexity index is 443. The van der Waals surface area contributed by atoms with Crippen LogP contribution < -0.4 is 15.8 Å². The van der Waals surface area contributed by atoms with E-state index in [1.807, 2.05) is 0 Å². The van der Waals surface area contributed by atoms with Crippen LogP contribution in [0.5, 0.6) is 11.5 Å². The molecular formula is C16H26N2O3. The van der Waals surface area contributed by atoms with Crippen molar-refractivity contribution >= 4 is 11.6 Å². The topological polar surface area (TPSA) is 84.6 Å². The first-order chi connectivity index (χ1) is 10.1. The predicted molar refractivity (Wildman–Crippen MR) is 84.6 cm³/mol. The molecule has 1 rings (SSSR count). The van der Waals surface area contributed by atoms with E-state index in [1.54, 1.807) is 19.2 Å². The van der Waals surface area contributed by atoms with Crippen molar-refractivity contribution in [3.63, 3.8) is 0 Å². The summed E-state index contributed by atoms with van der Waals surface area (Å²) in [5.41, 5.74) is 5.97. The number of ether oxygens (including phenoxy) is 1. The third kappa shape index (κ3) is 6.04. The van der Waals surface area contributed by atoms with Gasteiger partial charge in [-0.15, -0.1) is 0 Å². The van der Waals surface area contributed by atoms with Crippen LogP contribution in [0.2, 0.25) is 0 Å². The van der Waals surface area contributed by atoms with Crippen molar-refractivity contribution in [3.05, 3.63) is 18.2 Å². The highest BCUT2D eigenvalue weighted by molar-refractivity contribution is 5.92. The zero-order chi connectivity index (χ0) is 15.7. The molecule has 1 aromatic carbocycles. The van der Waals surface area contributed by atoms with Gasteiger partial charge in [0.15, 0.2) is 0 Å². The molecule has 0 saturated heterocycles. The molecule has 21 heavy (non-hydrogen) atoms. The zero-order valence-electron chi connectivity index (χ0n) is 12.9. The van der Waals surface area contributed by atoms with Crippen LogP contribution in [0.25, 0.3) is 0 Å². The highest BCUT2D eigenvalue weighted by Gasteiger charge is 2.12. The third-order valence-corrected chi connectivity index (χ3v) is 3.53. The number of anilines is 1. The minimum absolute atomic E-state index is 0.0382. The predicted octanol–water partition coefficient (Wildman–Crippen LogP) is 2.88. The first kappa shape index (κ1) is 17.3. The number of carbonyl (C=O) groups is 1. The lowest BCUT2D eigenvalue weighted by Gasteiger charge is -2.15. The van der Waals surface area contributed by atoms with Gasteiger partial charge in [-0.1, -0.05) is 19.8 Å². The Morgan fingerprint density at radius 2 is 2.14 bits per heavy atom. The molecule has 1 atom stereocenters. The molecule has 118 valence electrons. The van der Waals surface area contributed by atoms with Crippen LogP contribution in [0, 0.1) is 5.92 Å². The molecule has 0 heterocycles. The minimum atomic E-state index is -0.100. The monoisotopic (exact) mass is 294 g/mol. The highest BCUT2D eigenvalue weighted by atomic mass is 16.5.